The number of halogens is 3. The summed E-state index contributed by atoms with van der Waals surface area (Å²) in [6.07, 6.45) is -3.19. The number of para-hydroxylation sites is 1. The first kappa shape index (κ1) is 15.6. The van der Waals surface area contributed by atoms with Crippen LogP contribution in [0.4, 0.5) is 13.2 Å². The zero-order valence-electron chi connectivity index (χ0n) is 11.1. The van der Waals surface area contributed by atoms with Crippen molar-refractivity contribution >= 4 is 12.1 Å². The zero-order valence-corrected chi connectivity index (χ0v) is 11.1. The van der Waals surface area contributed by atoms with Gasteiger partial charge in [0.25, 0.3) is 5.91 Å². The van der Waals surface area contributed by atoms with E-state index in [1.54, 1.807) is 12.1 Å². The van der Waals surface area contributed by atoms with Crippen molar-refractivity contribution in [3.63, 3.8) is 0 Å². The number of amides is 1. The third-order valence-corrected chi connectivity index (χ3v) is 2.77. The van der Waals surface area contributed by atoms with Crippen molar-refractivity contribution in [1.82, 2.24) is 5.43 Å². The van der Waals surface area contributed by atoms with E-state index in [2.05, 4.69) is 10.5 Å². The number of carbonyl (C=O) groups excluding carboxylic acids is 1. The molecule has 0 saturated heterocycles. The van der Waals surface area contributed by atoms with Crippen LogP contribution in [0, 0.1) is 0 Å². The summed E-state index contributed by atoms with van der Waals surface area (Å²) in [6, 6.07) is 10.2. The van der Waals surface area contributed by atoms with Crippen molar-refractivity contribution in [2.45, 2.75) is 6.18 Å². The Bertz CT molecular complexity index is 695. The number of aromatic hydroxyl groups is 1. The van der Waals surface area contributed by atoms with E-state index >= 15 is 0 Å². The Hall–Kier alpha value is -2.83. The third-order valence-electron chi connectivity index (χ3n) is 2.77. The smallest absolute Gasteiger partial charge is 0.416 e. The molecule has 0 unspecified atom stereocenters. The average Bonchev–Trinajstić information content (AvgIpc) is 2.47. The van der Waals surface area contributed by atoms with E-state index in [0.29, 0.717) is 5.56 Å². The molecule has 2 rings (SSSR count). The van der Waals surface area contributed by atoms with Gasteiger partial charge in [0.1, 0.15) is 5.75 Å². The first-order valence-corrected chi connectivity index (χ1v) is 6.16. The predicted octanol–water partition coefficient (Wildman–Crippen LogP) is 3.17. The van der Waals surface area contributed by atoms with E-state index in [4.69, 9.17) is 0 Å². The summed E-state index contributed by atoms with van der Waals surface area (Å²) in [4.78, 5) is 11.7. The molecule has 0 radical (unpaired) electrons. The molecular weight excluding hydrogens is 297 g/mol. The molecule has 0 aliphatic rings. The minimum atomic E-state index is -4.39. The molecule has 114 valence electrons. The van der Waals surface area contributed by atoms with Gasteiger partial charge in [0, 0.05) is 0 Å². The number of hydrogen-bond donors (Lipinski definition) is 2. The summed E-state index contributed by atoms with van der Waals surface area (Å²) in [6.45, 7) is 0. The van der Waals surface area contributed by atoms with Crippen LogP contribution in [0.15, 0.2) is 53.6 Å². The lowest BCUT2D eigenvalue weighted by atomic mass is 10.1. The molecule has 0 aliphatic heterocycles. The van der Waals surface area contributed by atoms with Crippen molar-refractivity contribution in [2.75, 3.05) is 0 Å². The minimum Gasteiger partial charge on any atom is -0.507 e. The molecule has 2 aromatic carbocycles. The third kappa shape index (κ3) is 3.85. The van der Waals surface area contributed by atoms with E-state index < -0.39 is 17.6 Å². The molecule has 0 aliphatic carbocycles. The summed E-state index contributed by atoms with van der Waals surface area (Å²) in [5, 5.41) is 13.1. The summed E-state index contributed by atoms with van der Waals surface area (Å²) >= 11 is 0. The fourth-order valence-corrected chi connectivity index (χ4v) is 1.65. The van der Waals surface area contributed by atoms with Crippen LogP contribution in [-0.2, 0) is 6.18 Å². The normalized spacial score (nSPS) is 11.6. The number of benzene rings is 2. The van der Waals surface area contributed by atoms with E-state index in [9.17, 15) is 23.1 Å². The SMILES string of the molecule is O=C(N/N=C\c1ccc(C(F)(F)F)cc1)c1ccccc1O. The van der Waals surface area contributed by atoms with Crippen LogP contribution >= 0.6 is 0 Å². The van der Waals surface area contributed by atoms with Crippen molar-refractivity contribution in [3.8, 4) is 5.75 Å². The lowest BCUT2D eigenvalue weighted by Gasteiger charge is -2.05. The minimum absolute atomic E-state index is 0.0482. The van der Waals surface area contributed by atoms with Gasteiger partial charge in [-0.1, -0.05) is 24.3 Å². The molecule has 2 aromatic rings. The highest BCUT2D eigenvalue weighted by atomic mass is 19.4. The number of carbonyl (C=O) groups is 1. The molecule has 4 nitrogen and oxygen atoms in total. The van der Waals surface area contributed by atoms with Gasteiger partial charge in [-0.2, -0.15) is 18.3 Å². The largest absolute Gasteiger partial charge is 0.507 e. The van der Waals surface area contributed by atoms with Crippen LogP contribution in [0.25, 0.3) is 0 Å². The molecule has 0 saturated carbocycles. The Kier molecular flexibility index (Phi) is 4.45. The summed E-state index contributed by atoms with van der Waals surface area (Å²) in [5.41, 5.74) is 1.86. The number of phenols is 1. The monoisotopic (exact) mass is 308 g/mol. The number of hydrogen-bond acceptors (Lipinski definition) is 3. The highest BCUT2D eigenvalue weighted by molar-refractivity contribution is 5.97. The van der Waals surface area contributed by atoms with Crippen LogP contribution in [0.2, 0.25) is 0 Å². The van der Waals surface area contributed by atoms with Crippen LogP contribution in [0.1, 0.15) is 21.5 Å². The fourth-order valence-electron chi connectivity index (χ4n) is 1.65. The summed E-state index contributed by atoms with van der Waals surface area (Å²) < 4.78 is 37.2. The van der Waals surface area contributed by atoms with Gasteiger partial charge in [0.15, 0.2) is 0 Å². The second-order valence-electron chi connectivity index (χ2n) is 4.34. The maximum Gasteiger partial charge on any atom is 0.416 e. The molecule has 22 heavy (non-hydrogen) atoms. The fraction of sp³-hybridized carbons (Fsp3) is 0.0667. The van der Waals surface area contributed by atoms with Gasteiger partial charge in [-0.3, -0.25) is 4.79 Å². The van der Waals surface area contributed by atoms with Crippen molar-refractivity contribution in [2.24, 2.45) is 5.10 Å². The number of hydrazone groups is 1. The maximum absolute atomic E-state index is 12.4. The number of nitrogens with zero attached hydrogens (tertiary/aromatic N) is 1. The molecule has 7 heteroatoms. The maximum atomic E-state index is 12.4. The number of phenolic OH excluding ortho intramolecular Hbond substituents is 1. The molecular formula is C15H11F3N2O2. The lowest BCUT2D eigenvalue weighted by molar-refractivity contribution is -0.137. The van der Waals surface area contributed by atoms with Gasteiger partial charge < -0.3 is 5.11 Å². The van der Waals surface area contributed by atoms with Crippen LogP contribution in [-0.4, -0.2) is 17.2 Å². The molecule has 1 amide bonds. The molecule has 0 bridgehead atoms. The Morgan fingerprint density at radius 2 is 1.73 bits per heavy atom. The van der Waals surface area contributed by atoms with E-state index in [-0.39, 0.29) is 11.3 Å². The Morgan fingerprint density at radius 1 is 1.09 bits per heavy atom. The Labute approximate surface area is 123 Å². The number of alkyl halides is 3. The lowest BCUT2D eigenvalue weighted by Crippen LogP contribution is -2.17. The molecule has 2 N–H and O–H groups in total. The van der Waals surface area contributed by atoms with Gasteiger partial charge >= 0.3 is 6.18 Å². The van der Waals surface area contributed by atoms with E-state index in [1.165, 1.54) is 30.5 Å². The van der Waals surface area contributed by atoms with Crippen molar-refractivity contribution in [3.05, 3.63) is 65.2 Å². The first-order chi connectivity index (χ1) is 10.4. The summed E-state index contributed by atoms with van der Waals surface area (Å²) in [5.74, 6) is -0.814. The molecule has 0 atom stereocenters. The van der Waals surface area contributed by atoms with Crippen LogP contribution in [0.5, 0.6) is 5.75 Å². The highest BCUT2D eigenvalue weighted by Crippen LogP contribution is 2.28. The van der Waals surface area contributed by atoms with Crippen molar-refractivity contribution < 1.29 is 23.1 Å². The summed E-state index contributed by atoms with van der Waals surface area (Å²) in [7, 11) is 0. The highest BCUT2D eigenvalue weighted by Gasteiger charge is 2.29. The van der Waals surface area contributed by atoms with Gasteiger partial charge in [-0.05, 0) is 29.8 Å². The molecule has 0 heterocycles. The van der Waals surface area contributed by atoms with E-state index in [1.807, 2.05) is 0 Å². The van der Waals surface area contributed by atoms with Crippen LogP contribution < -0.4 is 5.43 Å². The van der Waals surface area contributed by atoms with Gasteiger partial charge in [-0.15, -0.1) is 0 Å². The Balaban J connectivity index is 2.01. The molecule has 0 fully saturated rings. The van der Waals surface area contributed by atoms with Crippen molar-refractivity contribution in [1.29, 1.82) is 0 Å². The topological polar surface area (TPSA) is 61.7 Å². The Morgan fingerprint density at radius 3 is 2.32 bits per heavy atom. The average molecular weight is 308 g/mol. The second kappa shape index (κ2) is 6.30. The predicted molar refractivity (Wildman–Crippen MR) is 74.6 cm³/mol. The quantitative estimate of drug-likeness (QED) is 0.676. The second-order valence-corrected chi connectivity index (χ2v) is 4.34. The standard InChI is InChI=1S/C15H11F3N2O2/c16-15(17,18)11-7-5-10(6-8-11)9-19-20-14(22)12-3-1-2-4-13(12)21/h1-9,21H,(H,20,22)/b19-9-. The van der Waals surface area contributed by atoms with Gasteiger partial charge in [0.05, 0.1) is 17.3 Å². The van der Waals surface area contributed by atoms with Gasteiger partial charge in [0.2, 0.25) is 0 Å². The zero-order chi connectivity index (χ0) is 16.2. The number of nitrogens with one attached hydrogen (secondary N) is 1. The first-order valence-electron chi connectivity index (χ1n) is 6.16. The molecule has 0 spiro atoms. The van der Waals surface area contributed by atoms with E-state index in [0.717, 1.165) is 12.1 Å². The number of rotatable bonds is 3. The van der Waals surface area contributed by atoms with Crippen LogP contribution in [0.3, 0.4) is 0 Å². The van der Waals surface area contributed by atoms with Gasteiger partial charge in [-0.25, -0.2) is 5.43 Å². The molecule has 0 aromatic heterocycles.